The molecule has 21 heavy (non-hydrogen) atoms. The van der Waals surface area contributed by atoms with Crippen molar-refractivity contribution in [2.24, 2.45) is 0 Å². The summed E-state index contributed by atoms with van der Waals surface area (Å²) in [5.41, 5.74) is 3.40. The minimum atomic E-state index is 0.0899. The van der Waals surface area contributed by atoms with Crippen LogP contribution in [0.5, 0.6) is 5.75 Å². The molecular formula is C18H21NO2. The van der Waals surface area contributed by atoms with E-state index in [2.05, 4.69) is 29.6 Å². The lowest BCUT2D eigenvalue weighted by molar-refractivity contribution is 0.282. The van der Waals surface area contributed by atoms with Crippen molar-refractivity contribution in [2.45, 2.75) is 31.4 Å². The molecule has 3 nitrogen and oxygen atoms in total. The molecule has 0 heterocycles. The van der Waals surface area contributed by atoms with E-state index in [0.29, 0.717) is 12.0 Å². The van der Waals surface area contributed by atoms with Gasteiger partial charge in [-0.2, -0.15) is 0 Å². The number of benzene rings is 2. The fourth-order valence-electron chi connectivity index (χ4n) is 2.90. The number of nitrogens with one attached hydrogen (secondary N) is 1. The Morgan fingerprint density at radius 2 is 1.95 bits per heavy atom. The fraction of sp³-hybridized carbons (Fsp3) is 0.333. The van der Waals surface area contributed by atoms with Crippen LogP contribution in [0.15, 0.2) is 48.5 Å². The first-order chi connectivity index (χ1) is 10.3. The topological polar surface area (TPSA) is 41.5 Å². The zero-order valence-electron chi connectivity index (χ0n) is 12.3. The predicted octanol–water partition coefficient (Wildman–Crippen LogP) is 3.55. The summed E-state index contributed by atoms with van der Waals surface area (Å²) in [5.74, 6) is 1.54. The summed E-state index contributed by atoms with van der Waals surface area (Å²) >= 11 is 0. The van der Waals surface area contributed by atoms with Gasteiger partial charge in [-0.1, -0.05) is 24.3 Å². The number of aliphatic hydroxyl groups excluding tert-OH is 1. The van der Waals surface area contributed by atoms with Gasteiger partial charge >= 0.3 is 0 Å². The molecule has 0 saturated heterocycles. The Morgan fingerprint density at radius 3 is 2.71 bits per heavy atom. The number of ether oxygens (including phenoxy) is 1. The molecule has 2 aromatic carbocycles. The molecule has 1 fully saturated rings. The van der Waals surface area contributed by atoms with Crippen molar-refractivity contribution in [2.75, 3.05) is 12.4 Å². The Balaban J connectivity index is 1.57. The van der Waals surface area contributed by atoms with Crippen LogP contribution in [0.3, 0.4) is 0 Å². The maximum Gasteiger partial charge on any atom is 0.119 e. The van der Waals surface area contributed by atoms with Crippen molar-refractivity contribution < 1.29 is 9.84 Å². The molecule has 0 radical (unpaired) electrons. The summed E-state index contributed by atoms with van der Waals surface area (Å²) < 4.78 is 5.28. The first kappa shape index (κ1) is 14.0. The summed E-state index contributed by atoms with van der Waals surface area (Å²) in [6.45, 7) is 0.0899. The van der Waals surface area contributed by atoms with E-state index in [1.165, 1.54) is 5.56 Å². The van der Waals surface area contributed by atoms with Crippen LogP contribution in [0.2, 0.25) is 0 Å². The third-order valence-corrected chi connectivity index (χ3v) is 4.18. The van der Waals surface area contributed by atoms with Gasteiger partial charge in [0.15, 0.2) is 0 Å². The number of aliphatic hydroxyl groups is 1. The molecule has 110 valence electrons. The molecule has 3 rings (SSSR count). The van der Waals surface area contributed by atoms with E-state index in [1.807, 2.05) is 24.3 Å². The van der Waals surface area contributed by atoms with E-state index in [9.17, 15) is 0 Å². The predicted molar refractivity (Wildman–Crippen MR) is 84.7 cm³/mol. The van der Waals surface area contributed by atoms with Gasteiger partial charge in [-0.15, -0.1) is 0 Å². The molecule has 0 unspecified atom stereocenters. The molecule has 1 aliphatic carbocycles. The van der Waals surface area contributed by atoms with Crippen molar-refractivity contribution in [3.63, 3.8) is 0 Å². The zero-order valence-corrected chi connectivity index (χ0v) is 12.3. The lowest BCUT2D eigenvalue weighted by Gasteiger charge is -2.37. The lowest BCUT2D eigenvalue weighted by Crippen LogP contribution is -2.34. The lowest BCUT2D eigenvalue weighted by atomic mass is 9.75. The summed E-state index contributed by atoms with van der Waals surface area (Å²) in [4.78, 5) is 0. The second kappa shape index (κ2) is 6.19. The van der Waals surface area contributed by atoms with Crippen LogP contribution in [0, 0.1) is 0 Å². The SMILES string of the molecule is COc1cccc(C2CC(Nc3cccc(CO)c3)C2)c1. The highest BCUT2D eigenvalue weighted by Gasteiger charge is 2.30. The third kappa shape index (κ3) is 3.19. The van der Waals surface area contributed by atoms with Crippen LogP contribution in [-0.2, 0) is 6.61 Å². The molecule has 0 spiro atoms. The Morgan fingerprint density at radius 1 is 1.14 bits per heavy atom. The van der Waals surface area contributed by atoms with E-state index in [0.717, 1.165) is 29.8 Å². The van der Waals surface area contributed by atoms with Crippen molar-refractivity contribution in [1.82, 2.24) is 0 Å². The molecule has 1 aliphatic rings. The third-order valence-electron chi connectivity index (χ3n) is 4.18. The van der Waals surface area contributed by atoms with E-state index in [1.54, 1.807) is 7.11 Å². The monoisotopic (exact) mass is 283 g/mol. The highest BCUT2D eigenvalue weighted by molar-refractivity contribution is 5.47. The van der Waals surface area contributed by atoms with Crippen LogP contribution < -0.4 is 10.1 Å². The molecule has 2 aromatic rings. The molecule has 2 N–H and O–H groups in total. The average Bonchev–Trinajstić information content (AvgIpc) is 2.50. The van der Waals surface area contributed by atoms with Crippen LogP contribution in [0.25, 0.3) is 0 Å². The Kier molecular flexibility index (Phi) is 4.11. The average molecular weight is 283 g/mol. The largest absolute Gasteiger partial charge is 0.497 e. The standard InChI is InChI=1S/C18H21NO2/c1-21-18-7-3-5-14(11-18)15-9-17(10-15)19-16-6-2-4-13(8-16)12-20/h2-8,11,15,17,19-20H,9-10,12H2,1H3. The van der Waals surface area contributed by atoms with Crippen LogP contribution in [0.1, 0.15) is 29.9 Å². The Bertz CT molecular complexity index is 606. The molecule has 3 heteroatoms. The maximum absolute atomic E-state index is 9.17. The van der Waals surface area contributed by atoms with Crippen molar-refractivity contribution in [3.05, 3.63) is 59.7 Å². The normalized spacial score (nSPS) is 20.7. The van der Waals surface area contributed by atoms with Crippen molar-refractivity contribution in [1.29, 1.82) is 0 Å². The van der Waals surface area contributed by atoms with Gasteiger partial charge in [0.05, 0.1) is 13.7 Å². The first-order valence-corrected chi connectivity index (χ1v) is 7.39. The number of methoxy groups -OCH3 is 1. The summed E-state index contributed by atoms with van der Waals surface area (Å²) in [6.07, 6.45) is 2.27. The van der Waals surface area contributed by atoms with Crippen molar-refractivity contribution in [3.8, 4) is 5.75 Å². The van der Waals surface area contributed by atoms with Gasteiger partial charge in [-0.05, 0) is 54.2 Å². The molecule has 0 amide bonds. The van der Waals surface area contributed by atoms with Gasteiger partial charge in [-0.25, -0.2) is 0 Å². The van der Waals surface area contributed by atoms with E-state index >= 15 is 0 Å². The fourth-order valence-corrected chi connectivity index (χ4v) is 2.90. The van der Waals surface area contributed by atoms with E-state index in [-0.39, 0.29) is 6.61 Å². The highest BCUT2D eigenvalue weighted by Crippen LogP contribution is 2.39. The zero-order chi connectivity index (χ0) is 14.7. The minimum absolute atomic E-state index is 0.0899. The maximum atomic E-state index is 9.17. The quantitative estimate of drug-likeness (QED) is 0.882. The molecule has 0 aromatic heterocycles. The van der Waals surface area contributed by atoms with Gasteiger partial charge in [-0.3, -0.25) is 0 Å². The second-order valence-corrected chi connectivity index (χ2v) is 5.64. The Labute approximate surface area is 125 Å². The molecule has 0 atom stereocenters. The van der Waals surface area contributed by atoms with Crippen LogP contribution in [-0.4, -0.2) is 18.3 Å². The highest BCUT2D eigenvalue weighted by atomic mass is 16.5. The summed E-state index contributed by atoms with van der Waals surface area (Å²) in [6, 6.07) is 16.8. The summed E-state index contributed by atoms with van der Waals surface area (Å²) in [5, 5.41) is 12.7. The molecule has 0 aliphatic heterocycles. The van der Waals surface area contributed by atoms with Gasteiger partial charge < -0.3 is 15.2 Å². The first-order valence-electron chi connectivity index (χ1n) is 7.39. The number of rotatable bonds is 5. The second-order valence-electron chi connectivity index (χ2n) is 5.64. The summed E-state index contributed by atoms with van der Waals surface area (Å²) in [7, 11) is 1.71. The number of hydrogen-bond donors (Lipinski definition) is 2. The smallest absolute Gasteiger partial charge is 0.119 e. The molecular weight excluding hydrogens is 262 g/mol. The molecule has 0 bridgehead atoms. The Hall–Kier alpha value is -2.00. The van der Waals surface area contributed by atoms with E-state index < -0.39 is 0 Å². The van der Waals surface area contributed by atoms with Gasteiger partial charge in [0.25, 0.3) is 0 Å². The number of anilines is 1. The minimum Gasteiger partial charge on any atom is -0.497 e. The number of hydrogen-bond acceptors (Lipinski definition) is 3. The molecule has 1 saturated carbocycles. The van der Waals surface area contributed by atoms with Gasteiger partial charge in [0, 0.05) is 11.7 Å². The van der Waals surface area contributed by atoms with Crippen molar-refractivity contribution >= 4 is 5.69 Å². The van der Waals surface area contributed by atoms with E-state index in [4.69, 9.17) is 9.84 Å². The van der Waals surface area contributed by atoms with Crippen LogP contribution >= 0.6 is 0 Å². The van der Waals surface area contributed by atoms with Gasteiger partial charge in [0.1, 0.15) is 5.75 Å². The van der Waals surface area contributed by atoms with Crippen LogP contribution in [0.4, 0.5) is 5.69 Å². The van der Waals surface area contributed by atoms with Gasteiger partial charge in [0.2, 0.25) is 0 Å².